The first-order valence-electron chi connectivity index (χ1n) is 7.09. The summed E-state index contributed by atoms with van der Waals surface area (Å²) in [5, 5.41) is 3.08. The second kappa shape index (κ2) is 11.0. The second-order valence-electron chi connectivity index (χ2n) is 5.37. The van der Waals surface area contributed by atoms with Crippen LogP contribution in [0.5, 0.6) is 0 Å². The van der Waals surface area contributed by atoms with E-state index in [0.717, 1.165) is 51.9 Å². The largest absolute Gasteiger partial charge is 0.355 e. The number of carbonyl (C=O) groups is 1. The highest BCUT2D eigenvalue weighted by Crippen LogP contribution is 2.22. The molecule has 4 nitrogen and oxygen atoms in total. The fraction of sp³-hybridized carbons (Fsp3) is 0.923. The molecule has 1 saturated heterocycles. The van der Waals surface area contributed by atoms with Crippen LogP contribution in [0, 0.1) is 5.92 Å². The molecule has 1 amide bonds. The molecular formula is C13H27Cl2N3OS. The van der Waals surface area contributed by atoms with E-state index in [-0.39, 0.29) is 42.7 Å². The SMILES string of the molecule is Cl.Cl.NC1CCCC(C(=O)NCCN2CCSCC2)C1. The third kappa shape index (κ3) is 6.85. The Kier molecular flexibility index (Phi) is 11.1. The number of carbonyl (C=O) groups excluding carboxylic acids is 1. The minimum absolute atomic E-state index is 0. The summed E-state index contributed by atoms with van der Waals surface area (Å²) >= 11 is 2.02. The number of halogens is 2. The molecule has 2 atom stereocenters. The van der Waals surface area contributed by atoms with Crippen molar-refractivity contribution in [3.8, 4) is 0 Å². The van der Waals surface area contributed by atoms with E-state index in [1.807, 2.05) is 11.8 Å². The smallest absolute Gasteiger partial charge is 0.223 e. The van der Waals surface area contributed by atoms with E-state index in [0.29, 0.717) is 0 Å². The molecule has 2 fully saturated rings. The molecule has 2 aliphatic rings. The molecule has 7 heteroatoms. The number of rotatable bonds is 4. The molecule has 20 heavy (non-hydrogen) atoms. The van der Waals surface area contributed by atoms with Crippen LogP contribution in [0.4, 0.5) is 0 Å². The number of hydrogen-bond acceptors (Lipinski definition) is 4. The molecule has 0 bridgehead atoms. The summed E-state index contributed by atoms with van der Waals surface area (Å²) in [7, 11) is 0. The molecule has 3 N–H and O–H groups in total. The predicted octanol–water partition coefficient (Wildman–Crippen LogP) is 1.51. The van der Waals surface area contributed by atoms with Crippen molar-refractivity contribution in [2.45, 2.75) is 31.7 Å². The Bertz CT molecular complexity index is 278. The van der Waals surface area contributed by atoms with E-state index >= 15 is 0 Å². The monoisotopic (exact) mass is 343 g/mol. The van der Waals surface area contributed by atoms with Gasteiger partial charge in [0.2, 0.25) is 5.91 Å². The van der Waals surface area contributed by atoms with Crippen molar-refractivity contribution >= 4 is 42.5 Å². The van der Waals surface area contributed by atoms with E-state index < -0.39 is 0 Å². The Balaban J connectivity index is 0.00000180. The highest BCUT2D eigenvalue weighted by molar-refractivity contribution is 7.99. The molecule has 2 rings (SSSR count). The van der Waals surface area contributed by atoms with Crippen molar-refractivity contribution in [2.24, 2.45) is 11.7 Å². The zero-order valence-corrected chi connectivity index (χ0v) is 14.3. The highest BCUT2D eigenvalue weighted by Gasteiger charge is 2.25. The fourth-order valence-corrected chi connectivity index (χ4v) is 3.75. The Hall–Kier alpha value is 0.320. The lowest BCUT2D eigenvalue weighted by Gasteiger charge is -2.28. The van der Waals surface area contributed by atoms with E-state index in [2.05, 4.69) is 10.2 Å². The minimum atomic E-state index is 0. The molecular weight excluding hydrogens is 317 g/mol. The van der Waals surface area contributed by atoms with Crippen LogP contribution in [0.2, 0.25) is 0 Å². The first-order valence-corrected chi connectivity index (χ1v) is 8.24. The van der Waals surface area contributed by atoms with Crippen molar-refractivity contribution in [3.05, 3.63) is 0 Å². The maximum Gasteiger partial charge on any atom is 0.223 e. The molecule has 1 heterocycles. The van der Waals surface area contributed by atoms with Crippen LogP contribution in [-0.4, -0.2) is 54.5 Å². The molecule has 0 aromatic heterocycles. The number of nitrogens with zero attached hydrogens (tertiary/aromatic N) is 1. The van der Waals surface area contributed by atoms with Gasteiger partial charge in [-0.15, -0.1) is 24.8 Å². The topological polar surface area (TPSA) is 58.4 Å². The second-order valence-corrected chi connectivity index (χ2v) is 6.59. The summed E-state index contributed by atoms with van der Waals surface area (Å²) in [6.45, 7) is 4.10. The van der Waals surface area contributed by atoms with E-state index in [1.54, 1.807) is 0 Å². The first kappa shape index (κ1) is 20.3. The number of amides is 1. The summed E-state index contributed by atoms with van der Waals surface area (Å²) in [6.07, 6.45) is 4.06. The summed E-state index contributed by atoms with van der Waals surface area (Å²) in [4.78, 5) is 14.4. The van der Waals surface area contributed by atoms with Gasteiger partial charge in [0.1, 0.15) is 0 Å². The van der Waals surface area contributed by atoms with Gasteiger partial charge in [-0.3, -0.25) is 9.69 Å². The Morgan fingerprint density at radius 1 is 1.25 bits per heavy atom. The Labute approximate surface area is 138 Å². The molecule has 1 aliphatic carbocycles. The van der Waals surface area contributed by atoms with Crippen molar-refractivity contribution in [1.82, 2.24) is 10.2 Å². The van der Waals surface area contributed by atoms with Crippen molar-refractivity contribution < 1.29 is 4.79 Å². The summed E-state index contributed by atoms with van der Waals surface area (Å²) < 4.78 is 0. The van der Waals surface area contributed by atoms with Crippen LogP contribution in [0.1, 0.15) is 25.7 Å². The third-order valence-corrected chi connectivity index (χ3v) is 4.86. The lowest BCUT2D eigenvalue weighted by Crippen LogP contribution is -2.42. The average Bonchev–Trinajstić information content (AvgIpc) is 2.40. The van der Waals surface area contributed by atoms with Crippen molar-refractivity contribution in [2.75, 3.05) is 37.7 Å². The average molecular weight is 344 g/mol. The lowest BCUT2D eigenvalue weighted by molar-refractivity contribution is -0.126. The predicted molar refractivity (Wildman–Crippen MR) is 91.2 cm³/mol. The fourth-order valence-electron chi connectivity index (χ4n) is 2.77. The Morgan fingerprint density at radius 2 is 1.95 bits per heavy atom. The van der Waals surface area contributed by atoms with Gasteiger partial charge in [-0.05, 0) is 19.3 Å². The highest BCUT2D eigenvalue weighted by atomic mass is 35.5. The molecule has 2 unspecified atom stereocenters. The van der Waals surface area contributed by atoms with Gasteiger partial charge in [-0.2, -0.15) is 11.8 Å². The van der Waals surface area contributed by atoms with Crippen LogP contribution in [0.25, 0.3) is 0 Å². The third-order valence-electron chi connectivity index (χ3n) is 3.92. The van der Waals surface area contributed by atoms with Gasteiger partial charge in [0.25, 0.3) is 0 Å². The van der Waals surface area contributed by atoms with Crippen LogP contribution in [-0.2, 0) is 4.79 Å². The van der Waals surface area contributed by atoms with Crippen LogP contribution < -0.4 is 11.1 Å². The van der Waals surface area contributed by atoms with Gasteiger partial charge in [0.15, 0.2) is 0 Å². The number of hydrogen-bond donors (Lipinski definition) is 2. The van der Waals surface area contributed by atoms with Gasteiger partial charge in [0, 0.05) is 49.6 Å². The van der Waals surface area contributed by atoms with Gasteiger partial charge in [0.05, 0.1) is 0 Å². The molecule has 0 radical (unpaired) electrons. The zero-order valence-electron chi connectivity index (χ0n) is 11.9. The van der Waals surface area contributed by atoms with Gasteiger partial charge < -0.3 is 11.1 Å². The summed E-state index contributed by atoms with van der Waals surface area (Å²) in [6, 6.07) is 0.230. The van der Waals surface area contributed by atoms with Gasteiger partial charge in [-0.25, -0.2) is 0 Å². The van der Waals surface area contributed by atoms with Gasteiger partial charge >= 0.3 is 0 Å². The standard InChI is InChI=1S/C13H25N3OS.2ClH/c14-12-3-1-2-11(10-12)13(17)15-4-5-16-6-8-18-9-7-16;;/h11-12H,1-10,14H2,(H,15,17);2*1H. The van der Waals surface area contributed by atoms with Crippen LogP contribution in [0.15, 0.2) is 0 Å². The first-order chi connectivity index (χ1) is 8.75. The molecule has 0 spiro atoms. The summed E-state index contributed by atoms with van der Waals surface area (Å²) in [5.74, 6) is 2.83. The molecule has 1 aliphatic heterocycles. The Morgan fingerprint density at radius 3 is 2.60 bits per heavy atom. The molecule has 120 valence electrons. The lowest BCUT2D eigenvalue weighted by atomic mass is 9.85. The van der Waals surface area contributed by atoms with E-state index in [4.69, 9.17) is 5.73 Å². The van der Waals surface area contributed by atoms with Crippen molar-refractivity contribution in [1.29, 1.82) is 0 Å². The normalized spacial score (nSPS) is 27.1. The number of nitrogens with one attached hydrogen (secondary N) is 1. The van der Waals surface area contributed by atoms with Crippen LogP contribution in [0.3, 0.4) is 0 Å². The van der Waals surface area contributed by atoms with Gasteiger partial charge in [-0.1, -0.05) is 6.42 Å². The minimum Gasteiger partial charge on any atom is -0.355 e. The zero-order chi connectivity index (χ0) is 12.8. The number of nitrogens with two attached hydrogens (primary N) is 1. The van der Waals surface area contributed by atoms with Crippen LogP contribution >= 0.6 is 36.6 Å². The maximum atomic E-state index is 12.0. The molecule has 1 saturated carbocycles. The van der Waals surface area contributed by atoms with E-state index in [9.17, 15) is 4.79 Å². The molecule has 0 aromatic carbocycles. The summed E-state index contributed by atoms with van der Waals surface area (Å²) in [5.41, 5.74) is 5.92. The quantitative estimate of drug-likeness (QED) is 0.812. The molecule has 0 aromatic rings. The number of thioether (sulfide) groups is 1. The maximum absolute atomic E-state index is 12.0. The van der Waals surface area contributed by atoms with Crippen molar-refractivity contribution in [3.63, 3.8) is 0 Å². The van der Waals surface area contributed by atoms with E-state index in [1.165, 1.54) is 11.5 Å².